The number of para-hydroxylation sites is 1. The van der Waals surface area contributed by atoms with Gasteiger partial charge in [0.15, 0.2) is 11.5 Å². The number of aryl methyl sites for hydroxylation is 1. The van der Waals surface area contributed by atoms with Crippen LogP contribution < -0.4 is 20.1 Å². The van der Waals surface area contributed by atoms with E-state index in [4.69, 9.17) is 9.47 Å². The van der Waals surface area contributed by atoms with Crippen molar-refractivity contribution in [2.45, 2.75) is 13.5 Å². The van der Waals surface area contributed by atoms with E-state index in [1.807, 2.05) is 25.1 Å². The standard InChI is InChI=1S/C21H22N4O4/c1-13-10-19(24-16-7-5-4-6-15(16)20(26)27)25-21(23-13)22-12-14-8-9-17(28-2)18(11-14)29-3/h4-11H,12H2,1-3H3,(H,26,27)(H2,22,23,24,25). The molecule has 0 saturated heterocycles. The first-order valence-electron chi connectivity index (χ1n) is 8.90. The van der Waals surface area contributed by atoms with Crippen LogP contribution in [0.15, 0.2) is 48.5 Å². The van der Waals surface area contributed by atoms with E-state index >= 15 is 0 Å². The highest BCUT2D eigenvalue weighted by atomic mass is 16.5. The zero-order chi connectivity index (χ0) is 20.8. The zero-order valence-electron chi connectivity index (χ0n) is 16.4. The Bertz CT molecular complexity index is 1020. The highest BCUT2D eigenvalue weighted by Crippen LogP contribution is 2.28. The van der Waals surface area contributed by atoms with Crippen LogP contribution in [0.1, 0.15) is 21.6 Å². The molecular weight excluding hydrogens is 372 g/mol. The maximum absolute atomic E-state index is 11.4. The summed E-state index contributed by atoms with van der Waals surface area (Å²) in [5.41, 5.74) is 2.34. The van der Waals surface area contributed by atoms with E-state index in [-0.39, 0.29) is 5.56 Å². The summed E-state index contributed by atoms with van der Waals surface area (Å²) in [6.45, 7) is 2.33. The van der Waals surface area contributed by atoms with E-state index in [2.05, 4.69) is 20.6 Å². The molecule has 3 N–H and O–H groups in total. The number of nitrogens with one attached hydrogen (secondary N) is 2. The van der Waals surface area contributed by atoms with Crippen molar-refractivity contribution in [3.05, 3.63) is 65.4 Å². The summed E-state index contributed by atoms with van der Waals surface area (Å²) in [6, 6.07) is 14.1. The lowest BCUT2D eigenvalue weighted by molar-refractivity contribution is 0.0698. The summed E-state index contributed by atoms with van der Waals surface area (Å²) in [5.74, 6) is 1.22. The van der Waals surface area contributed by atoms with Crippen molar-refractivity contribution in [3.8, 4) is 11.5 Å². The number of aromatic carboxylic acids is 1. The van der Waals surface area contributed by atoms with Gasteiger partial charge in [0.05, 0.1) is 25.5 Å². The van der Waals surface area contributed by atoms with E-state index in [1.165, 1.54) is 6.07 Å². The second-order valence-corrected chi connectivity index (χ2v) is 6.24. The van der Waals surface area contributed by atoms with Crippen molar-refractivity contribution >= 4 is 23.4 Å². The summed E-state index contributed by atoms with van der Waals surface area (Å²) in [7, 11) is 3.18. The van der Waals surface area contributed by atoms with Gasteiger partial charge < -0.3 is 25.2 Å². The van der Waals surface area contributed by atoms with Crippen molar-refractivity contribution in [1.29, 1.82) is 0 Å². The second kappa shape index (κ2) is 8.92. The molecule has 0 aliphatic heterocycles. The lowest BCUT2D eigenvalue weighted by Gasteiger charge is -2.12. The summed E-state index contributed by atoms with van der Waals surface area (Å²) < 4.78 is 10.6. The molecule has 0 aliphatic carbocycles. The van der Waals surface area contributed by atoms with Gasteiger partial charge in [-0.3, -0.25) is 0 Å². The van der Waals surface area contributed by atoms with Gasteiger partial charge in [0.2, 0.25) is 5.95 Å². The van der Waals surface area contributed by atoms with E-state index in [1.54, 1.807) is 38.5 Å². The first-order chi connectivity index (χ1) is 14.0. The molecule has 0 atom stereocenters. The molecule has 0 aliphatic rings. The molecule has 1 aromatic heterocycles. The van der Waals surface area contributed by atoms with Crippen LogP contribution in [-0.2, 0) is 6.54 Å². The largest absolute Gasteiger partial charge is 0.493 e. The van der Waals surface area contributed by atoms with Crippen molar-refractivity contribution in [3.63, 3.8) is 0 Å². The predicted molar refractivity (Wildman–Crippen MR) is 110 cm³/mol. The number of carboxylic acids is 1. The van der Waals surface area contributed by atoms with Gasteiger partial charge in [-0.05, 0) is 36.8 Å². The fourth-order valence-electron chi connectivity index (χ4n) is 2.80. The molecule has 0 radical (unpaired) electrons. The Kier molecular flexibility index (Phi) is 6.13. The van der Waals surface area contributed by atoms with Gasteiger partial charge in [-0.1, -0.05) is 18.2 Å². The summed E-state index contributed by atoms with van der Waals surface area (Å²) in [5, 5.41) is 15.6. The Morgan fingerprint density at radius 2 is 1.79 bits per heavy atom. The number of aromatic nitrogens is 2. The molecular formula is C21H22N4O4. The van der Waals surface area contributed by atoms with Crippen LogP contribution in [0.3, 0.4) is 0 Å². The van der Waals surface area contributed by atoms with Crippen LogP contribution in [0.4, 0.5) is 17.5 Å². The van der Waals surface area contributed by atoms with Gasteiger partial charge in [-0.15, -0.1) is 0 Å². The molecule has 0 amide bonds. The number of nitrogens with zero attached hydrogens (tertiary/aromatic N) is 2. The number of benzene rings is 2. The Labute approximate surface area is 168 Å². The van der Waals surface area contributed by atoms with Crippen molar-refractivity contribution in [2.24, 2.45) is 0 Å². The molecule has 1 heterocycles. The SMILES string of the molecule is COc1ccc(CNc2nc(C)cc(Nc3ccccc3C(=O)O)n2)cc1OC. The van der Waals surface area contributed by atoms with Crippen molar-refractivity contribution in [1.82, 2.24) is 9.97 Å². The lowest BCUT2D eigenvalue weighted by atomic mass is 10.2. The van der Waals surface area contributed by atoms with E-state index < -0.39 is 5.97 Å². The third kappa shape index (κ3) is 4.92. The molecule has 150 valence electrons. The predicted octanol–water partition coefficient (Wildman–Crippen LogP) is 3.86. The minimum atomic E-state index is -1.01. The number of carbonyl (C=O) groups is 1. The van der Waals surface area contributed by atoms with Gasteiger partial charge in [0.1, 0.15) is 5.82 Å². The highest BCUT2D eigenvalue weighted by molar-refractivity contribution is 5.95. The molecule has 29 heavy (non-hydrogen) atoms. The second-order valence-electron chi connectivity index (χ2n) is 6.24. The molecule has 0 fully saturated rings. The van der Waals surface area contributed by atoms with Gasteiger partial charge in [-0.2, -0.15) is 4.98 Å². The molecule has 8 nitrogen and oxygen atoms in total. The van der Waals surface area contributed by atoms with Crippen LogP contribution in [0.25, 0.3) is 0 Å². The molecule has 0 spiro atoms. The lowest BCUT2D eigenvalue weighted by Crippen LogP contribution is -2.08. The fourth-order valence-corrected chi connectivity index (χ4v) is 2.80. The highest BCUT2D eigenvalue weighted by Gasteiger charge is 2.11. The summed E-state index contributed by atoms with van der Waals surface area (Å²) >= 11 is 0. The number of ether oxygens (including phenoxy) is 2. The van der Waals surface area contributed by atoms with E-state index in [0.29, 0.717) is 35.5 Å². The van der Waals surface area contributed by atoms with E-state index in [0.717, 1.165) is 11.3 Å². The average molecular weight is 394 g/mol. The van der Waals surface area contributed by atoms with Crippen molar-refractivity contribution in [2.75, 3.05) is 24.9 Å². The quantitative estimate of drug-likeness (QED) is 0.529. The number of carboxylic acid groups (broad SMARTS) is 1. The van der Waals surface area contributed by atoms with Crippen LogP contribution in [-0.4, -0.2) is 35.3 Å². The summed E-state index contributed by atoms with van der Waals surface area (Å²) in [6.07, 6.45) is 0. The first-order valence-corrected chi connectivity index (χ1v) is 8.90. The monoisotopic (exact) mass is 394 g/mol. The number of hydrogen-bond acceptors (Lipinski definition) is 7. The topological polar surface area (TPSA) is 106 Å². The summed E-state index contributed by atoms with van der Waals surface area (Å²) in [4.78, 5) is 20.2. The normalized spacial score (nSPS) is 10.3. The minimum absolute atomic E-state index is 0.170. The average Bonchev–Trinajstić information content (AvgIpc) is 2.72. The fraction of sp³-hybridized carbons (Fsp3) is 0.190. The maximum Gasteiger partial charge on any atom is 0.337 e. The van der Waals surface area contributed by atoms with Crippen molar-refractivity contribution < 1.29 is 19.4 Å². The van der Waals surface area contributed by atoms with Gasteiger partial charge in [0.25, 0.3) is 0 Å². The Morgan fingerprint density at radius 3 is 2.52 bits per heavy atom. The number of hydrogen-bond donors (Lipinski definition) is 3. The maximum atomic E-state index is 11.4. The molecule has 2 aromatic carbocycles. The molecule has 0 bridgehead atoms. The smallest absolute Gasteiger partial charge is 0.337 e. The Balaban J connectivity index is 1.77. The van der Waals surface area contributed by atoms with Crippen LogP contribution in [0, 0.1) is 6.92 Å². The van der Waals surface area contributed by atoms with Gasteiger partial charge in [0, 0.05) is 18.3 Å². The van der Waals surface area contributed by atoms with E-state index in [9.17, 15) is 9.90 Å². The number of methoxy groups -OCH3 is 2. The molecule has 8 heteroatoms. The molecule has 0 saturated carbocycles. The zero-order valence-corrected chi connectivity index (χ0v) is 16.4. The third-order valence-electron chi connectivity index (χ3n) is 4.17. The molecule has 0 unspecified atom stereocenters. The number of rotatable bonds is 8. The molecule has 3 aromatic rings. The van der Waals surface area contributed by atoms with Crippen LogP contribution in [0.5, 0.6) is 11.5 Å². The Morgan fingerprint density at radius 1 is 1.03 bits per heavy atom. The van der Waals surface area contributed by atoms with Crippen LogP contribution >= 0.6 is 0 Å². The number of anilines is 3. The van der Waals surface area contributed by atoms with Gasteiger partial charge in [-0.25, -0.2) is 9.78 Å². The Hall–Kier alpha value is -3.81. The third-order valence-corrected chi connectivity index (χ3v) is 4.17. The first kappa shape index (κ1) is 19.9. The minimum Gasteiger partial charge on any atom is -0.493 e. The van der Waals surface area contributed by atoms with Crippen LogP contribution in [0.2, 0.25) is 0 Å². The van der Waals surface area contributed by atoms with Gasteiger partial charge >= 0.3 is 5.97 Å². The molecule has 3 rings (SSSR count).